The van der Waals surface area contributed by atoms with E-state index in [1.54, 1.807) is 37.3 Å². The zero-order chi connectivity index (χ0) is 25.4. The van der Waals surface area contributed by atoms with E-state index in [0.717, 1.165) is 5.56 Å². The van der Waals surface area contributed by atoms with Crippen molar-refractivity contribution >= 4 is 35.1 Å². The highest BCUT2D eigenvalue weighted by Gasteiger charge is 2.30. The highest BCUT2D eigenvalue weighted by atomic mass is 35.5. The first-order valence-electron chi connectivity index (χ1n) is 11.4. The normalized spacial score (nSPS) is 14.2. The quantitative estimate of drug-likeness (QED) is 0.549. The number of halogens is 1. The second kappa shape index (κ2) is 12.3. The van der Waals surface area contributed by atoms with Gasteiger partial charge in [-0.25, -0.2) is 9.59 Å². The molecule has 3 rings (SSSR count). The summed E-state index contributed by atoms with van der Waals surface area (Å²) < 4.78 is 10.6. The van der Waals surface area contributed by atoms with Crippen LogP contribution in [0.2, 0.25) is 5.02 Å². The minimum absolute atomic E-state index is 0.0108. The first-order valence-corrected chi connectivity index (χ1v) is 11.8. The minimum atomic E-state index is -0.866. The van der Waals surface area contributed by atoms with Gasteiger partial charge in [0.05, 0.1) is 32.1 Å². The van der Waals surface area contributed by atoms with Gasteiger partial charge in [-0.3, -0.25) is 4.90 Å². The van der Waals surface area contributed by atoms with E-state index in [1.807, 2.05) is 24.8 Å². The first kappa shape index (κ1) is 26.2. The van der Waals surface area contributed by atoms with Gasteiger partial charge in [-0.15, -0.1) is 10.2 Å². The molecule has 35 heavy (non-hydrogen) atoms. The third-order valence-corrected chi connectivity index (χ3v) is 5.73. The highest BCUT2D eigenvalue weighted by Crippen LogP contribution is 2.26. The molecule has 1 aromatic carbocycles. The molecule has 1 fully saturated rings. The van der Waals surface area contributed by atoms with Crippen molar-refractivity contribution < 1.29 is 19.1 Å². The summed E-state index contributed by atoms with van der Waals surface area (Å²) in [6.45, 7) is 7.96. The maximum Gasteiger partial charge on any atom is 0.328 e. The first-order chi connectivity index (χ1) is 16.8. The number of amides is 2. The number of anilines is 2. The lowest BCUT2D eigenvalue weighted by atomic mass is 10.0. The Kier molecular flexibility index (Phi) is 9.23. The number of hydrogen-bond acceptors (Lipinski definition) is 8. The molecule has 1 N–H and O–H groups in total. The molecule has 2 amide bonds. The molecule has 2 heterocycles. The van der Waals surface area contributed by atoms with Gasteiger partial charge in [0.15, 0.2) is 11.5 Å². The highest BCUT2D eigenvalue weighted by molar-refractivity contribution is 6.30. The van der Waals surface area contributed by atoms with E-state index in [9.17, 15) is 14.9 Å². The number of benzene rings is 1. The fraction of sp³-hybridized carbons (Fsp3) is 0.458. The minimum Gasteiger partial charge on any atom is -0.464 e. The summed E-state index contributed by atoms with van der Waals surface area (Å²) in [5.74, 6) is -0.211. The lowest BCUT2D eigenvalue weighted by Gasteiger charge is -2.30. The van der Waals surface area contributed by atoms with E-state index in [1.165, 1.54) is 4.90 Å². The van der Waals surface area contributed by atoms with E-state index in [2.05, 4.69) is 15.5 Å². The van der Waals surface area contributed by atoms with Crippen LogP contribution in [0.1, 0.15) is 32.0 Å². The number of morpholine rings is 1. The van der Waals surface area contributed by atoms with Crippen LogP contribution in [0, 0.1) is 17.2 Å². The van der Waals surface area contributed by atoms with Gasteiger partial charge < -0.3 is 19.7 Å². The predicted octanol–water partition coefficient (Wildman–Crippen LogP) is 3.14. The molecule has 1 aliphatic rings. The molecule has 0 aliphatic carbocycles. The third kappa shape index (κ3) is 6.81. The Balaban J connectivity index is 2.00. The molecule has 0 unspecified atom stereocenters. The van der Waals surface area contributed by atoms with Crippen LogP contribution in [0.4, 0.5) is 16.3 Å². The molecule has 1 aromatic heterocycles. The van der Waals surface area contributed by atoms with Gasteiger partial charge in [-0.2, -0.15) is 5.26 Å². The molecular weight excluding hydrogens is 472 g/mol. The molecule has 1 saturated heterocycles. The Morgan fingerprint density at radius 2 is 1.94 bits per heavy atom. The number of carbonyl (C=O) groups excluding carboxylic acids is 2. The molecule has 10 nitrogen and oxygen atoms in total. The van der Waals surface area contributed by atoms with Gasteiger partial charge in [0, 0.05) is 24.2 Å². The summed E-state index contributed by atoms with van der Waals surface area (Å²) in [6.07, 6.45) is 0. The molecule has 11 heteroatoms. The fourth-order valence-corrected chi connectivity index (χ4v) is 3.71. The van der Waals surface area contributed by atoms with Gasteiger partial charge in [0.2, 0.25) is 0 Å². The molecule has 0 saturated carbocycles. The third-order valence-electron chi connectivity index (χ3n) is 5.48. The van der Waals surface area contributed by atoms with Crippen molar-refractivity contribution in [2.75, 3.05) is 42.7 Å². The lowest BCUT2D eigenvalue weighted by Crippen LogP contribution is -2.51. The van der Waals surface area contributed by atoms with Crippen LogP contribution in [0.25, 0.3) is 0 Å². The fourth-order valence-electron chi connectivity index (χ4n) is 3.58. The van der Waals surface area contributed by atoms with Crippen LogP contribution >= 0.6 is 11.6 Å². The van der Waals surface area contributed by atoms with Crippen molar-refractivity contribution in [3.05, 3.63) is 46.6 Å². The summed E-state index contributed by atoms with van der Waals surface area (Å²) in [6, 6.07) is 9.28. The van der Waals surface area contributed by atoms with Crippen molar-refractivity contribution in [1.29, 1.82) is 5.26 Å². The number of nitriles is 1. The number of rotatable bonds is 8. The number of nitrogens with one attached hydrogen (secondary N) is 1. The van der Waals surface area contributed by atoms with Crippen LogP contribution in [-0.4, -0.2) is 61.1 Å². The molecule has 0 bridgehead atoms. The average Bonchev–Trinajstić information content (AvgIpc) is 2.86. The topological polar surface area (TPSA) is 121 Å². The van der Waals surface area contributed by atoms with E-state index < -0.39 is 18.0 Å². The average molecular weight is 501 g/mol. The number of hydrogen-bond donors (Lipinski definition) is 1. The van der Waals surface area contributed by atoms with Crippen molar-refractivity contribution in [3.8, 4) is 6.07 Å². The molecule has 186 valence electrons. The van der Waals surface area contributed by atoms with Crippen LogP contribution in [0.5, 0.6) is 0 Å². The zero-order valence-corrected chi connectivity index (χ0v) is 20.8. The maximum absolute atomic E-state index is 13.6. The van der Waals surface area contributed by atoms with Crippen LogP contribution in [-0.2, 0) is 20.8 Å². The molecule has 0 radical (unpaired) electrons. The van der Waals surface area contributed by atoms with E-state index in [-0.39, 0.29) is 30.5 Å². The van der Waals surface area contributed by atoms with E-state index in [0.29, 0.717) is 37.1 Å². The van der Waals surface area contributed by atoms with Crippen molar-refractivity contribution in [2.45, 2.75) is 33.4 Å². The summed E-state index contributed by atoms with van der Waals surface area (Å²) in [7, 11) is 0. The Morgan fingerprint density at radius 1 is 1.26 bits per heavy atom. The maximum atomic E-state index is 13.6. The molecular formula is C24H29ClN6O4. The Labute approximate surface area is 209 Å². The van der Waals surface area contributed by atoms with Gasteiger partial charge in [0.1, 0.15) is 12.1 Å². The Bertz CT molecular complexity index is 1070. The van der Waals surface area contributed by atoms with Gasteiger partial charge >= 0.3 is 12.0 Å². The molecule has 1 aliphatic heterocycles. The number of nitrogens with zero attached hydrogens (tertiary/aromatic N) is 5. The standard InChI is InChI=1S/C24H29ClN6O4/c1-4-35-23(32)22(16(2)3)27-24(33)31(15-17-5-7-18(25)8-6-17)20-13-21(29-28-19(20)14-26)30-9-11-34-12-10-30/h5-8,13,16,22H,4,9-12,15H2,1-3H3,(H,27,33)/t22-/m0/s1. The van der Waals surface area contributed by atoms with Crippen LogP contribution in [0.3, 0.4) is 0 Å². The van der Waals surface area contributed by atoms with E-state index >= 15 is 0 Å². The van der Waals surface area contributed by atoms with Crippen molar-refractivity contribution in [2.24, 2.45) is 5.92 Å². The number of ether oxygens (including phenoxy) is 2. The Morgan fingerprint density at radius 3 is 2.54 bits per heavy atom. The zero-order valence-electron chi connectivity index (χ0n) is 20.0. The van der Waals surface area contributed by atoms with Crippen molar-refractivity contribution in [3.63, 3.8) is 0 Å². The second-order valence-electron chi connectivity index (χ2n) is 8.28. The van der Waals surface area contributed by atoms with Gasteiger partial charge in [-0.1, -0.05) is 37.6 Å². The van der Waals surface area contributed by atoms with Crippen molar-refractivity contribution in [1.82, 2.24) is 15.5 Å². The molecule has 2 aromatic rings. The second-order valence-corrected chi connectivity index (χ2v) is 8.72. The molecule has 1 atom stereocenters. The largest absolute Gasteiger partial charge is 0.464 e. The number of aromatic nitrogens is 2. The van der Waals surface area contributed by atoms with E-state index in [4.69, 9.17) is 21.1 Å². The Hall–Kier alpha value is -3.42. The smallest absolute Gasteiger partial charge is 0.328 e. The predicted molar refractivity (Wildman–Crippen MR) is 131 cm³/mol. The van der Waals surface area contributed by atoms with Gasteiger partial charge in [0.25, 0.3) is 0 Å². The van der Waals surface area contributed by atoms with Crippen LogP contribution < -0.4 is 15.1 Å². The van der Waals surface area contributed by atoms with Gasteiger partial charge in [-0.05, 0) is 30.5 Å². The summed E-state index contributed by atoms with van der Waals surface area (Å²) in [5.41, 5.74) is 1.04. The monoisotopic (exact) mass is 500 g/mol. The summed E-state index contributed by atoms with van der Waals surface area (Å²) >= 11 is 6.03. The van der Waals surface area contributed by atoms with Crippen LogP contribution in [0.15, 0.2) is 30.3 Å². The number of esters is 1. The number of urea groups is 1. The summed E-state index contributed by atoms with van der Waals surface area (Å²) in [5, 5.41) is 21.3. The number of carbonyl (C=O) groups is 2. The summed E-state index contributed by atoms with van der Waals surface area (Å²) in [4.78, 5) is 29.4. The lowest BCUT2D eigenvalue weighted by molar-refractivity contribution is -0.146. The molecule has 0 spiro atoms. The SMILES string of the molecule is CCOC(=O)[C@@H](NC(=O)N(Cc1ccc(Cl)cc1)c1cc(N2CCOCC2)nnc1C#N)C(C)C.